The standard InChI is InChI=1S/C16H23ClN2O2S/c1-2-3-12-4-7-15(17)16(10-12)22(20,21)19(13-5-6-13)14-8-9-18-11-14/h4,7,10,13-14,18H,2-3,5-6,8-9,11H2,1H3. The Hall–Kier alpha value is -0.620. The van der Waals surface area contributed by atoms with Gasteiger partial charge in [0.2, 0.25) is 10.0 Å². The van der Waals surface area contributed by atoms with Gasteiger partial charge in [-0.05, 0) is 49.9 Å². The van der Waals surface area contributed by atoms with Crippen LogP contribution in [-0.4, -0.2) is 37.9 Å². The fourth-order valence-electron chi connectivity index (χ4n) is 3.18. The summed E-state index contributed by atoms with van der Waals surface area (Å²) in [6.07, 6.45) is 4.65. The lowest BCUT2D eigenvalue weighted by molar-refractivity contribution is 0.327. The van der Waals surface area contributed by atoms with Crippen LogP contribution in [0.1, 0.15) is 38.2 Å². The highest BCUT2D eigenvalue weighted by atomic mass is 35.5. The number of aryl methyl sites for hydroxylation is 1. The molecule has 1 atom stereocenters. The molecule has 1 aromatic rings. The third-order valence-electron chi connectivity index (χ3n) is 4.39. The number of benzene rings is 1. The highest BCUT2D eigenvalue weighted by molar-refractivity contribution is 7.89. The van der Waals surface area contributed by atoms with Gasteiger partial charge < -0.3 is 5.32 Å². The van der Waals surface area contributed by atoms with Gasteiger partial charge in [0.05, 0.1) is 5.02 Å². The molecular weight excluding hydrogens is 320 g/mol. The van der Waals surface area contributed by atoms with Crippen molar-refractivity contribution in [3.05, 3.63) is 28.8 Å². The molecule has 0 aromatic heterocycles. The molecule has 2 fully saturated rings. The average molecular weight is 343 g/mol. The van der Waals surface area contributed by atoms with Crippen LogP contribution in [0.5, 0.6) is 0 Å². The van der Waals surface area contributed by atoms with Crippen molar-refractivity contribution in [2.45, 2.75) is 56.0 Å². The first-order valence-corrected chi connectivity index (χ1v) is 9.88. The van der Waals surface area contributed by atoms with E-state index in [2.05, 4.69) is 12.2 Å². The number of nitrogens with zero attached hydrogens (tertiary/aromatic N) is 1. The Morgan fingerprint density at radius 3 is 2.64 bits per heavy atom. The van der Waals surface area contributed by atoms with Crippen LogP contribution in [0, 0.1) is 0 Å². The molecule has 122 valence electrons. The third kappa shape index (κ3) is 3.18. The maximum atomic E-state index is 13.2. The van der Waals surface area contributed by atoms with E-state index in [9.17, 15) is 8.42 Å². The number of hydrogen-bond donors (Lipinski definition) is 1. The minimum Gasteiger partial charge on any atom is -0.315 e. The fraction of sp³-hybridized carbons (Fsp3) is 0.625. The molecule has 0 bridgehead atoms. The van der Waals surface area contributed by atoms with Crippen LogP contribution in [0.2, 0.25) is 5.02 Å². The number of hydrogen-bond acceptors (Lipinski definition) is 3. The van der Waals surface area contributed by atoms with Gasteiger partial charge in [-0.15, -0.1) is 0 Å². The molecule has 1 aliphatic heterocycles. The monoisotopic (exact) mass is 342 g/mol. The van der Waals surface area contributed by atoms with Crippen molar-refractivity contribution in [2.75, 3.05) is 13.1 Å². The minimum atomic E-state index is -3.53. The van der Waals surface area contributed by atoms with Crippen LogP contribution in [-0.2, 0) is 16.4 Å². The normalized spacial score (nSPS) is 22.4. The zero-order valence-electron chi connectivity index (χ0n) is 12.9. The molecule has 3 rings (SSSR count). The van der Waals surface area contributed by atoms with Gasteiger partial charge in [-0.3, -0.25) is 0 Å². The van der Waals surface area contributed by atoms with Crippen LogP contribution in [0.15, 0.2) is 23.1 Å². The summed E-state index contributed by atoms with van der Waals surface area (Å²) in [5.74, 6) is 0. The quantitative estimate of drug-likeness (QED) is 0.864. The van der Waals surface area contributed by atoms with Gasteiger partial charge in [-0.1, -0.05) is 31.0 Å². The second-order valence-corrected chi connectivity index (χ2v) is 8.45. The predicted octanol–water partition coefficient (Wildman–Crippen LogP) is 2.81. The van der Waals surface area contributed by atoms with E-state index in [0.717, 1.165) is 50.8 Å². The second kappa shape index (κ2) is 6.48. The molecule has 6 heteroatoms. The molecule has 1 saturated carbocycles. The number of sulfonamides is 1. The van der Waals surface area contributed by atoms with Gasteiger partial charge >= 0.3 is 0 Å². The lowest BCUT2D eigenvalue weighted by Crippen LogP contribution is -2.43. The Bertz CT molecular complexity index is 638. The van der Waals surface area contributed by atoms with Gasteiger partial charge in [0, 0.05) is 18.6 Å². The number of rotatable bonds is 6. The topological polar surface area (TPSA) is 49.4 Å². The Balaban J connectivity index is 1.98. The van der Waals surface area contributed by atoms with Gasteiger partial charge in [0.15, 0.2) is 0 Å². The molecule has 1 N–H and O–H groups in total. The molecule has 0 spiro atoms. The fourth-order valence-corrected chi connectivity index (χ4v) is 5.61. The summed E-state index contributed by atoms with van der Waals surface area (Å²) in [5, 5.41) is 3.60. The lowest BCUT2D eigenvalue weighted by atomic mass is 10.1. The lowest BCUT2D eigenvalue weighted by Gasteiger charge is -2.28. The molecule has 1 unspecified atom stereocenters. The van der Waals surface area contributed by atoms with E-state index in [1.165, 1.54) is 0 Å². The van der Waals surface area contributed by atoms with Crippen LogP contribution in [0.3, 0.4) is 0 Å². The van der Waals surface area contributed by atoms with E-state index in [-0.39, 0.29) is 17.0 Å². The van der Waals surface area contributed by atoms with E-state index in [0.29, 0.717) is 5.02 Å². The predicted molar refractivity (Wildman–Crippen MR) is 88.8 cm³/mol. The average Bonchev–Trinajstić information content (AvgIpc) is 3.15. The zero-order valence-corrected chi connectivity index (χ0v) is 14.5. The number of nitrogens with one attached hydrogen (secondary N) is 1. The maximum Gasteiger partial charge on any atom is 0.245 e. The van der Waals surface area contributed by atoms with Crippen LogP contribution in [0.4, 0.5) is 0 Å². The molecule has 1 heterocycles. The van der Waals surface area contributed by atoms with E-state index in [1.807, 2.05) is 6.07 Å². The van der Waals surface area contributed by atoms with Gasteiger partial charge in [-0.2, -0.15) is 4.31 Å². The van der Waals surface area contributed by atoms with Gasteiger partial charge in [0.25, 0.3) is 0 Å². The molecule has 0 amide bonds. The van der Waals surface area contributed by atoms with Crippen LogP contribution >= 0.6 is 11.6 Å². The molecule has 22 heavy (non-hydrogen) atoms. The van der Waals surface area contributed by atoms with E-state index >= 15 is 0 Å². The first-order chi connectivity index (χ1) is 10.5. The van der Waals surface area contributed by atoms with Crippen molar-refractivity contribution >= 4 is 21.6 Å². The zero-order chi connectivity index (χ0) is 15.7. The summed E-state index contributed by atoms with van der Waals surface area (Å²) in [4.78, 5) is 0.277. The Kier molecular flexibility index (Phi) is 4.78. The summed E-state index contributed by atoms with van der Waals surface area (Å²) in [5.41, 5.74) is 1.03. The Morgan fingerprint density at radius 1 is 1.27 bits per heavy atom. The molecule has 1 saturated heterocycles. The van der Waals surface area contributed by atoms with E-state index in [4.69, 9.17) is 11.6 Å². The van der Waals surface area contributed by atoms with Gasteiger partial charge in [-0.25, -0.2) is 8.42 Å². The largest absolute Gasteiger partial charge is 0.315 e. The van der Waals surface area contributed by atoms with Crippen molar-refractivity contribution in [1.82, 2.24) is 9.62 Å². The molecule has 4 nitrogen and oxygen atoms in total. The van der Waals surface area contributed by atoms with Crippen LogP contribution < -0.4 is 5.32 Å². The third-order valence-corrected chi connectivity index (χ3v) is 6.88. The molecule has 2 aliphatic rings. The van der Waals surface area contributed by atoms with E-state index < -0.39 is 10.0 Å². The smallest absolute Gasteiger partial charge is 0.245 e. The summed E-state index contributed by atoms with van der Waals surface area (Å²) >= 11 is 6.24. The molecular formula is C16H23ClN2O2S. The SMILES string of the molecule is CCCc1ccc(Cl)c(S(=O)(=O)N(C2CC2)C2CCNC2)c1. The summed E-state index contributed by atoms with van der Waals surface area (Å²) in [6, 6.07) is 5.61. The minimum absolute atomic E-state index is 0.0587. The molecule has 0 radical (unpaired) electrons. The summed E-state index contributed by atoms with van der Waals surface area (Å²) < 4.78 is 28.1. The van der Waals surface area contributed by atoms with Crippen molar-refractivity contribution in [3.8, 4) is 0 Å². The maximum absolute atomic E-state index is 13.2. The van der Waals surface area contributed by atoms with Crippen molar-refractivity contribution in [1.29, 1.82) is 0 Å². The van der Waals surface area contributed by atoms with Crippen molar-refractivity contribution < 1.29 is 8.42 Å². The first-order valence-electron chi connectivity index (χ1n) is 8.06. The highest BCUT2D eigenvalue weighted by Gasteiger charge is 2.43. The van der Waals surface area contributed by atoms with Crippen molar-refractivity contribution in [3.63, 3.8) is 0 Å². The Morgan fingerprint density at radius 2 is 2.05 bits per heavy atom. The second-order valence-electron chi connectivity index (χ2n) is 6.23. The van der Waals surface area contributed by atoms with Crippen molar-refractivity contribution in [2.24, 2.45) is 0 Å². The van der Waals surface area contributed by atoms with Crippen LogP contribution in [0.25, 0.3) is 0 Å². The summed E-state index contributed by atoms with van der Waals surface area (Å²) in [6.45, 7) is 3.71. The molecule has 1 aromatic carbocycles. The Labute approximate surface area is 137 Å². The summed E-state index contributed by atoms with van der Waals surface area (Å²) in [7, 11) is -3.53. The van der Waals surface area contributed by atoms with Gasteiger partial charge in [0.1, 0.15) is 4.90 Å². The van der Waals surface area contributed by atoms with E-state index in [1.54, 1.807) is 16.4 Å². The first kappa shape index (κ1) is 16.2. The molecule has 1 aliphatic carbocycles. The number of halogens is 1. The highest BCUT2D eigenvalue weighted by Crippen LogP contribution is 2.37.